The quantitative estimate of drug-likeness (QED) is 0.861. The zero-order valence-corrected chi connectivity index (χ0v) is 10.7. The molecule has 19 heavy (non-hydrogen) atoms. The Morgan fingerprint density at radius 2 is 1.95 bits per heavy atom. The molecule has 1 aliphatic heterocycles. The number of phenolic OH excluding ortho intramolecular Hbond substituents is 1. The number of halogens is 1. The highest BCUT2D eigenvalue weighted by atomic mass is 19.1. The standard InChI is InChI=1S/C14H18FNO3/c15-9-7-10-13(19-6-5-18-10)11(12(9)17)14(8-16)3-1-2-4-14/h7,17H,1-6,8,16H2. The van der Waals surface area contributed by atoms with E-state index in [4.69, 9.17) is 15.2 Å². The Morgan fingerprint density at radius 1 is 1.26 bits per heavy atom. The first-order valence-electron chi connectivity index (χ1n) is 6.69. The molecule has 0 saturated heterocycles. The van der Waals surface area contributed by atoms with Crippen molar-refractivity contribution in [3.63, 3.8) is 0 Å². The van der Waals surface area contributed by atoms with Crippen LogP contribution < -0.4 is 15.2 Å². The highest BCUT2D eigenvalue weighted by molar-refractivity contribution is 5.58. The number of phenols is 1. The summed E-state index contributed by atoms with van der Waals surface area (Å²) in [6.07, 6.45) is 3.75. The molecule has 0 bridgehead atoms. The van der Waals surface area contributed by atoms with E-state index in [9.17, 15) is 9.50 Å². The summed E-state index contributed by atoms with van der Waals surface area (Å²) < 4.78 is 25.0. The van der Waals surface area contributed by atoms with Crippen LogP contribution in [-0.2, 0) is 5.41 Å². The van der Waals surface area contributed by atoms with Crippen molar-refractivity contribution in [1.29, 1.82) is 0 Å². The molecule has 0 amide bonds. The summed E-state index contributed by atoms with van der Waals surface area (Å²) in [5.74, 6) is -0.163. The van der Waals surface area contributed by atoms with Crippen LogP contribution in [0.2, 0.25) is 0 Å². The lowest BCUT2D eigenvalue weighted by Crippen LogP contribution is -2.33. The molecular formula is C14H18FNO3. The average molecular weight is 267 g/mol. The van der Waals surface area contributed by atoms with E-state index in [1.54, 1.807) is 0 Å². The fourth-order valence-corrected chi connectivity index (χ4v) is 3.24. The van der Waals surface area contributed by atoms with Gasteiger partial charge in [0.25, 0.3) is 0 Å². The van der Waals surface area contributed by atoms with E-state index in [0.29, 0.717) is 36.8 Å². The van der Waals surface area contributed by atoms with E-state index < -0.39 is 11.2 Å². The first-order chi connectivity index (χ1) is 9.18. The van der Waals surface area contributed by atoms with Crippen LogP contribution in [0.1, 0.15) is 31.2 Å². The van der Waals surface area contributed by atoms with Crippen LogP contribution in [0.3, 0.4) is 0 Å². The molecule has 0 atom stereocenters. The van der Waals surface area contributed by atoms with Gasteiger partial charge in [0, 0.05) is 18.0 Å². The Balaban J connectivity index is 2.21. The van der Waals surface area contributed by atoms with Gasteiger partial charge in [-0.1, -0.05) is 12.8 Å². The first kappa shape index (κ1) is 12.5. The Labute approximate surface area is 111 Å². The second-order valence-electron chi connectivity index (χ2n) is 5.30. The SMILES string of the molecule is NCC1(c2c(O)c(F)cc3c2OCCO3)CCCC1. The van der Waals surface area contributed by atoms with Crippen LogP contribution in [0.15, 0.2) is 6.07 Å². The number of benzene rings is 1. The van der Waals surface area contributed by atoms with Crippen molar-refractivity contribution in [3.05, 3.63) is 17.4 Å². The number of hydrogen-bond acceptors (Lipinski definition) is 4. The fraction of sp³-hybridized carbons (Fsp3) is 0.571. The number of ether oxygens (including phenoxy) is 2. The minimum atomic E-state index is -0.668. The van der Waals surface area contributed by atoms with Gasteiger partial charge in [-0.15, -0.1) is 0 Å². The maximum Gasteiger partial charge on any atom is 0.169 e. The molecule has 5 heteroatoms. The van der Waals surface area contributed by atoms with E-state index in [1.807, 2.05) is 0 Å². The Hall–Kier alpha value is -1.49. The summed E-state index contributed by atoms with van der Waals surface area (Å²) in [5.41, 5.74) is 6.03. The van der Waals surface area contributed by atoms with Crippen molar-refractivity contribution >= 4 is 0 Å². The van der Waals surface area contributed by atoms with Crippen LogP contribution in [0.5, 0.6) is 17.2 Å². The fourth-order valence-electron chi connectivity index (χ4n) is 3.24. The van der Waals surface area contributed by atoms with Crippen molar-refractivity contribution in [2.75, 3.05) is 19.8 Å². The van der Waals surface area contributed by atoms with E-state index in [0.717, 1.165) is 25.7 Å². The predicted molar refractivity (Wildman–Crippen MR) is 68.3 cm³/mol. The predicted octanol–water partition coefficient (Wildman–Crippen LogP) is 2.07. The van der Waals surface area contributed by atoms with Gasteiger partial charge >= 0.3 is 0 Å². The lowest BCUT2D eigenvalue weighted by molar-refractivity contribution is 0.164. The van der Waals surface area contributed by atoms with E-state index in [2.05, 4.69) is 0 Å². The maximum absolute atomic E-state index is 13.9. The van der Waals surface area contributed by atoms with Gasteiger partial charge in [-0.3, -0.25) is 0 Å². The number of rotatable bonds is 2. The third-order valence-corrected chi connectivity index (χ3v) is 4.24. The Morgan fingerprint density at radius 3 is 2.63 bits per heavy atom. The van der Waals surface area contributed by atoms with E-state index >= 15 is 0 Å². The summed E-state index contributed by atoms with van der Waals surface area (Å²) in [4.78, 5) is 0. The summed E-state index contributed by atoms with van der Waals surface area (Å²) in [6, 6.07) is 1.19. The number of fused-ring (bicyclic) bond motifs is 1. The number of hydrogen-bond donors (Lipinski definition) is 2. The minimum absolute atomic E-state index is 0.336. The smallest absolute Gasteiger partial charge is 0.169 e. The third-order valence-electron chi connectivity index (χ3n) is 4.24. The Bertz CT molecular complexity index is 498. The molecular weight excluding hydrogens is 249 g/mol. The van der Waals surface area contributed by atoms with E-state index in [-0.39, 0.29) is 5.75 Å². The molecule has 0 spiro atoms. The van der Waals surface area contributed by atoms with Crippen LogP contribution in [0.25, 0.3) is 0 Å². The topological polar surface area (TPSA) is 64.7 Å². The van der Waals surface area contributed by atoms with Crippen molar-refractivity contribution in [2.24, 2.45) is 5.73 Å². The van der Waals surface area contributed by atoms with Gasteiger partial charge in [0.15, 0.2) is 23.1 Å². The minimum Gasteiger partial charge on any atom is -0.505 e. The lowest BCUT2D eigenvalue weighted by atomic mass is 9.77. The molecule has 4 nitrogen and oxygen atoms in total. The van der Waals surface area contributed by atoms with Gasteiger partial charge in [-0.05, 0) is 12.8 Å². The van der Waals surface area contributed by atoms with Crippen molar-refractivity contribution < 1.29 is 19.0 Å². The molecule has 1 saturated carbocycles. The molecule has 1 aliphatic carbocycles. The second-order valence-corrected chi connectivity index (χ2v) is 5.30. The highest BCUT2D eigenvalue weighted by Gasteiger charge is 2.41. The molecule has 1 aromatic carbocycles. The summed E-state index contributed by atoms with van der Waals surface area (Å²) >= 11 is 0. The van der Waals surface area contributed by atoms with E-state index in [1.165, 1.54) is 6.07 Å². The van der Waals surface area contributed by atoms with Crippen LogP contribution in [-0.4, -0.2) is 24.9 Å². The molecule has 104 valence electrons. The maximum atomic E-state index is 13.9. The molecule has 0 aromatic heterocycles. The zero-order chi connectivity index (χ0) is 13.5. The van der Waals surface area contributed by atoms with Gasteiger partial charge in [0.05, 0.1) is 5.56 Å². The monoisotopic (exact) mass is 267 g/mol. The molecule has 2 aliphatic rings. The molecule has 1 aromatic rings. The summed E-state index contributed by atoms with van der Waals surface area (Å²) in [6.45, 7) is 1.18. The number of nitrogens with two attached hydrogens (primary N) is 1. The van der Waals surface area contributed by atoms with Gasteiger partial charge in [-0.25, -0.2) is 4.39 Å². The van der Waals surface area contributed by atoms with Gasteiger partial charge in [0.1, 0.15) is 13.2 Å². The molecule has 0 radical (unpaired) electrons. The van der Waals surface area contributed by atoms with Crippen LogP contribution >= 0.6 is 0 Å². The molecule has 1 fully saturated rings. The average Bonchev–Trinajstić information content (AvgIpc) is 2.90. The number of aromatic hydroxyl groups is 1. The van der Waals surface area contributed by atoms with Crippen molar-refractivity contribution in [2.45, 2.75) is 31.1 Å². The largest absolute Gasteiger partial charge is 0.505 e. The van der Waals surface area contributed by atoms with Crippen LogP contribution in [0.4, 0.5) is 4.39 Å². The van der Waals surface area contributed by atoms with Crippen molar-refractivity contribution in [3.8, 4) is 17.2 Å². The molecule has 1 heterocycles. The molecule has 3 N–H and O–H groups in total. The van der Waals surface area contributed by atoms with Gasteiger partial charge < -0.3 is 20.3 Å². The summed E-state index contributed by atoms with van der Waals surface area (Å²) in [7, 11) is 0. The summed E-state index contributed by atoms with van der Waals surface area (Å²) in [5, 5.41) is 10.1. The van der Waals surface area contributed by atoms with Crippen LogP contribution in [0, 0.1) is 5.82 Å². The lowest BCUT2D eigenvalue weighted by Gasteiger charge is -2.32. The first-order valence-corrected chi connectivity index (χ1v) is 6.69. The van der Waals surface area contributed by atoms with Gasteiger partial charge in [-0.2, -0.15) is 0 Å². The van der Waals surface area contributed by atoms with Gasteiger partial charge in [0.2, 0.25) is 0 Å². The molecule has 0 unspecified atom stereocenters. The normalized spacial score (nSPS) is 20.5. The highest BCUT2D eigenvalue weighted by Crippen LogP contribution is 2.52. The zero-order valence-electron chi connectivity index (χ0n) is 10.7. The third kappa shape index (κ3) is 1.84. The Kier molecular flexibility index (Phi) is 3.01. The van der Waals surface area contributed by atoms with Crippen molar-refractivity contribution in [1.82, 2.24) is 0 Å². The second kappa shape index (κ2) is 4.56. The molecule has 3 rings (SSSR count).